The summed E-state index contributed by atoms with van der Waals surface area (Å²) >= 11 is 0. The molecule has 0 heterocycles. The average molecular weight is 691 g/mol. The van der Waals surface area contributed by atoms with Crippen LogP contribution >= 0.6 is 0 Å². The second-order valence-corrected chi connectivity index (χ2v) is 16.8. The molecule has 0 aliphatic carbocycles. The molecule has 0 saturated heterocycles. The van der Waals surface area contributed by atoms with Crippen molar-refractivity contribution in [3.05, 3.63) is 118 Å². The van der Waals surface area contributed by atoms with Gasteiger partial charge in [-0.15, -0.1) is 0 Å². The van der Waals surface area contributed by atoms with E-state index in [9.17, 15) is 10.2 Å². The molecule has 0 aliphatic rings. The van der Waals surface area contributed by atoms with E-state index in [4.69, 9.17) is 0 Å². The number of fused-ring (bicyclic) bond motifs is 2. The van der Waals surface area contributed by atoms with E-state index >= 15 is 0 Å². The third-order valence-corrected chi connectivity index (χ3v) is 11.1. The number of rotatable bonds is 9. The number of hydrogen-bond donors (Lipinski definition) is 2. The maximum absolute atomic E-state index is 12.8. The fraction of sp³-hybridized carbons (Fsp3) is 0.360. The van der Waals surface area contributed by atoms with Crippen molar-refractivity contribution in [3.8, 4) is 44.9 Å². The van der Waals surface area contributed by atoms with Gasteiger partial charge in [-0.05, 0) is 114 Å². The lowest BCUT2D eigenvalue weighted by atomic mass is 9.76. The van der Waals surface area contributed by atoms with Crippen molar-refractivity contribution >= 4 is 21.5 Å². The summed E-state index contributed by atoms with van der Waals surface area (Å²) in [4.78, 5) is 0. The molecule has 6 rings (SSSR count). The zero-order chi connectivity index (χ0) is 37.8. The molecule has 0 unspecified atom stereocenters. The van der Waals surface area contributed by atoms with E-state index in [1.165, 1.54) is 33.4 Å². The van der Waals surface area contributed by atoms with Crippen LogP contribution in [0.15, 0.2) is 84.9 Å². The molecule has 0 bridgehead atoms. The quantitative estimate of drug-likeness (QED) is 0.159. The Hall–Kier alpha value is -4.56. The van der Waals surface area contributed by atoms with Gasteiger partial charge in [-0.1, -0.05) is 156 Å². The van der Waals surface area contributed by atoms with E-state index in [2.05, 4.69) is 132 Å². The first-order valence-electron chi connectivity index (χ1n) is 19.5. The van der Waals surface area contributed by atoms with Gasteiger partial charge >= 0.3 is 0 Å². The van der Waals surface area contributed by atoms with Gasteiger partial charge in [-0.25, -0.2) is 0 Å². The normalized spacial score (nSPS) is 12.3. The van der Waals surface area contributed by atoms with Crippen LogP contribution < -0.4 is 0 Å². The number of phenolic OH excluding ortho intramolecular Hbond substituents is 2. The Morgan fingerprint density at radius 1 is 0.346 bits per heavy atom. The maximum Gasteiger partial charge on any atom is 0.132 e. The van der Waals surface area contributed by atoms with E-state index in [-0.39, 0.29) is 35.2 Å². The minimum absolute atomic E-state index is 0.202. The fourth-order valence-electron chi connectivity index (χ4n) is 8.09. The van der Waals surface area contributed by atoms with E-state index in [1.54, 1.807) is 0 Å². The third-order valence-electron chi connectivity index (χ3n) is 11.1. The van der Waals surface area contributed by atoms with Crippen molar-refractivity contribution in [1.82, 2.24) is 0 Å². The van der Waals surface area contributed by atoms with E-state index < -0.39 is 0 Å². The van der Waals surface area contributed by atoms with Gasteiger partial charge in [0.15, 0.2) is 0 Å². The van der Waals surface area contributed by atoms with Gasteiger partial charge in [0.1, 0.15) is 11.5 Å². The zero-order valence-electron chi connectivity index (χ0n) is 33.4. The SMILES string of the molecule is CC(C)c1cc(C(C)C)c(-c2cc3ccccc3c(O)c2-c2c(-c3c(C(C)C)cc(C(C)C)cc3C(C)C)cc3ccccc3c2O)c(C(C)C)c1. The van der Waals surface area contributed by atoms with Crippen molar-refractivity contribution in [1.29, 1.82) is 0 Å². The molecule has 0 fully saturated rings. The average Bonchev–Trinajstić information content (AvgIpc) is 3.10. The highest BCUT2D eigenvalue weighted by Crippen LogP contribution is 2.55. The monoisotopic (exact) mass is 690 g/mol. The van der Waals surface area contributed by atoms with E-state index in [0.717, 1.165) is 43.8 Å². The zero-order valence-corrected chi connectivity index (χ0v) is 33.4. The highest BCUT2D eigenvalue weighted by Gasteiger charge is 2.30. The molecule has 6 aromatic carbocycles. The largest absolute Gasteiger partial charge is 0.507 e. The molecule has 2 nitrogen and oxygen atoms in total. The lowest BCUT2D eigenvalue weighted by Gasteiger charge is -2.28. The van der Waals surface area contributed by atoms with Crippen LogP contribution in [0.25, 0.3) is 54.9 Å². The van der Waals surface area contributed by atoms with Gasteiger partial charge in [0.2, 0.25) is 0 Å². The van der Waals surface area contributed by atoms with Gasteiger partial charge in [-0.3, -0.25) is 0 Å². The van der Waals surface area contributed by atoms with E-state index in [1.807, 2.05) is 36.4 Å². The van der Waals surface area contributed by atoms with Crippen LogP contribution in [0.1, 0.15) is 152 Å². The van der Waals surface area contributed by atoms with Crippen LogP contribution in [0.3, 0.4) is 0 Å². The summed E-state index contributed by atoms with van der Waals surface area (Å²) in [5, 5.41) is 29.1. The van der Waals surface area contributed by atoms with Gasteiger partial charge in [-0.2, -0.15) is 0 Å². The smallest absolute Gasteiger partial charge is 0.132 e. The van der Waals surface area contributed by atoms with Crippen LogP contribution in [0.2, 0.25) is 0 Å². The number of benzene rings is 6. The van der Waals surface area contributed by atoms with Gasteiger partial charge in [0.25, 0.3) is 0 Å². The second-order valence-electron chi connectivity index (χ2n) is 16.8. The van der Waals surface area contributed by atoms with Crippen molar-refractivity contribution < 1.29 is 10.2 Å². The number of phenols is 2. The summed E-state index contributed by atoms with van der Waals surface area (Å²) in [5.74, 6) is 2.11. The van der Waals surface area contributed by atoms with Crippen LogP contribution in [0, 0.1) is 0 Å². The number of aromatic hydroxyl groups is 2. The van der Waals surface area contributed by atoms with Gasteiger partial charge in [0.05, 0.1) is 0 Å². The molecular formula is C50H58O2. The molecule has 0 spiro atoms. The first-order valence-corrected chi connectivity index (χ1v) is 19.5. The van der Waals surface area contributed by atoms with Crippen LogP contribution in [-0.4, -0.2) is 10.2 Å². The van der Waals surface area contributed by atoms with Crippen LogP contribution in [-0.2, 0) is 0 Å². The maximum atomic E-state index is 12.8. The topological polar surface area (TPSA) is 40.5 Å². The van der Waals surface area contributed by atoms with Crippen LogP contribution in [0.5, 0.6) is 11.5 Å². The highest BCUT2D eigenvalue weighted by molar-refractivity contribution is 6.11. The minimum atomic E-state index is 0.202. The van der Waals surface area contributed by atoms with Crippen LogP contribution in [0.4, 0.5) is 0 Å². The Morgan fingerprint density at radius 2 is 0.635 bits per heavy atom. The predicted molar refractivity (Wildman–Crippen MR) is 226 cm³/mol. The first-order chi connectivity index (χ1) is 24.6. The van der Waals surface area contributed by atoms with Crippen molar-refractivity contribution in [3.63, 3.8) is 0 Å². The molecule has 0 radical (unpaired) electrons. The molecule has 270 valence electrons. The molecule has 0 aromatic heterocycles. The molecule has 0 amide bonds. The summed E-state index contributed by atoms with van der Waals surface area (Å²) in [6.45, 7) is 27.2. The molecular weight excluding hydrogens is 633 g/mol. The summed E-state index contributed by atoms with van der Waals surface area (Å²) < 4.78 is 0. The first kappa shape index (κ1) is 37.2. The molecule has 6 aromatic rings. The second kappa shape index (κ2) is 14.5. The Labute approximate surface area is 312 Å². The molecule has 0 atom stereocenters. The molecule has 0 aliphatic heterocycles. The van der Waals surface area contributed by atoms with Crippen molar-refractivity contribution in [2.24, 2.45) is 0 Å². The number of hydrogen-bond acceptors (Lipinski definition) is 2. The summed E-state index contributed by atoms with van der Waals surface area (Å²) in [6.07, 6.45) is 0. The Kier molecular flexibility index (Phi) is 10.3. The molecule has 2 heteroatoms. The Balaban J connectivity index is 1.91. The molecule has 2 N–H and O–H groups in total. The summed E-state index contributed by atoms with van der Waals surface area (Å²) in [7, 11) is 0. The Bertz CT molecular complexity index is 2060. The highest BCUT2D eigenvalue weighted by atomic mass is 16.3. The van der Waals surface area contributed by atoms with Gasteiger partial charge < -0.3 is 10.2 Å². The third kappa shape index (κ3) is 6.51. The fourth-order valence-corrected chi connectivity index (χ4v) is 8.09. The lowest BCUT2D eigenvalue weighted by Crippen LogP contribution is -2.06. The Morgan fingerprint density at radius 3 is 0.904 bits per heavy atom. The molecule has 52 heavy (non-hydrogen) atoms. The lowest BCUT2D eigenvalue weighted by molar-refractivity contribution is 0.476. The van der Waals surface area contributed by atoms with E-state index in [0.29, 0.717) is 23.0 Å². The summed E-state index contributed by atoms with van der Waals surface area (Å²) in [6, 6.07) is 30.3. The van der Waals surface area contributed by atoms with Gasteiger partial charge in [0, 0.05) is 21.9 Å². The van der Waals surface area contributed by atoms with Crippen molar-refractivity contribution in [2.75, 3.05) is 0 Å². The minimum Gasteiger partial charge on any atom is -0.507 e. The standard InChI is InChI=1S/C50H58O2/c1-27(2)35-23-39(29(5)6)45(40(24-35)30(7)8)43-21-33-17-13-15-19-37(33)49(51)47(43)48-44(22-34-18-14-16-20-38(34)50(48)52)46-41(31(9)10)25-36(28(3)4)26-42(46)32(11)12/h13-32,51-52H,1-12H3. The predicted octanol–water partition coefficient (Wildman–Crippen LogP) is 15.1. The van der Waals surface area contributed by atoms with Crippen molar-refractivity contribution in [2.45, 2.75) is 119 Å². The summed E-state index contributed by atoms with van der Waals surface area (Å²) in [5.41, 5.74) is 13.3. The molecule has 0 saturated carbocycles.